The highest BCUT2D eigenvalue weighted by atomic mass is 79.9. The van der Waals surface area contributed by atoms with Gasteiger partial charge in [-0.15, -0.1) is 0 Å². The molecule has 8 heavy (non-hydrogen) atoms. The third-order valence-electron chi connectivity index (χ3n) is 0.588. The number of hydrogen-bond acceptors (Lipinski definition) is 3. The molecule has 1 heterocycles. The summed E-state index contributed by atoms with van der Waals surface area (Å²) in [5.41, 5.74) is 0.514. The smallest absolute Gasteiger partial charge is 0.273 e. The Morgan fingerprint density at radius 3 is 3.25 bits per heavy atom. The summed E-state index contributed by atoms with van der Waals surface area (Å²) in [5.74, 6) is 0. The van der Waals surface area contributed by atoms with E-state index in [4.69, 9.17) is 4.74 Å². The lowest BCUT2D eigenvalue weighted by molar-refractivity contribution is 0.395. The number of ether oxygens (including phenoxy) is 1. The lowest BCUT2D eigenvalue weighted by Gasteiger charge is -1.90. The predicted octanol–water partition coefficient (Wildman–Crippen LogP) is 1.87. The molecule has 0 atom stereocenters. The minimum absolute atomic E-state index is 0.514. The van der Waals surface area contributed by atoms with Gasteiger partial charge in [-0.2, -0.15) is 0 Å². The number of thiazole rings is 1. The molecule has 0 saturated heterocycles. The molecule has 0 aliphatic rings. The highest BCUT2D eigenvalue weighted by Crippen LogP contribution is 2.13. The highest BCUT2D eigenvalue weighted by Gasteiger charge is 1.89. The Hall–Kier alpha value is -0.0900. The van der Waals surface area contributed by atoms with Crippen LogP contribution in [0.25, 0.3) is 0 Å². The Kier molecular flexibility index (Phi) is 2.29. The summed E-state index contributed by atoms with van der Waals surface area (Å²) in [6, 6.07) is 0. The first kappa shape index (κ1) is 6.04. The van der Waals surface area contributed by atoms with Crippen LogP contribution in [0.4, 0.5) is 0 Å². The maximum absolute atomic E-state index is 4.97. The van der Waals surface area contributed by atoms with Crippen LogP contribution in [0, 0.1) is 0 Å². The summed E-state index contributed by atoms with van der Waals surface area (Å²) in [5, 5.41) is 2.58. The third kappa shape index (κ3) is 1.45. The zero-order valence-electron chi connectivity index (χ0n) is 4.00. The molecule has 0 aliphatic heterocycles. The van der Waals surface area contributed by atoms with Crippen LogP contribution >= 0.6 is 27.3 Å². The van der Waals surface area contributed by atoms with E-state index >= 15 is 0 Å². The molecule has 4 heteroatoms. The molecule has 1 aromatic heterocycles. The maximum atomic E-state index is 4.97. The van der Waals surface area contributed by atoms with Crippen LogP contribution in [-0.2, 0) is 0 Å². The van der Waals surface area contributed by atoms with E-state index in [1.54, 1.807) is 6.20 Å². The van der Waals surface area contributed by atoms with Gasteiger partial charge in [0.25, 0.3) is 5.19 Å². The van der Waals surface area contributed by atoms with Gasteiger partial charge < -0.3 is 4.74 Å². The van der Waals surface area contributed by atoms with Crippen molar-refractivity contribution in [3.8, 4) is 5.19 Å². The van der Waals surface area contributed by atoms with Gasteiger partial charge in [0.1, 0.15) is 5.52 Å². The number of halogens is 1. The highest BCUT2D eigenvalue weighted by molar-refractivity contribution is 9.09. The van der Waals surface area contributed by atoms with Crippen molar-refractivity contribution in [2.24, 2.45) is 0 Å². The minimum Gasteiger partial charge on any atom is -0.458 e. The van der Waals surface area contributed by atoms with Gasteiger partial charge in [0.05, 0.1) is 0 Å². The summed E-state index contributed by atoms with van der Waals surface area (Å²) < 4.78 is 4.97. The fraction of sp³-hybridized carbons (Fsp3) is 0.250. The molecule has 0 radical (unpaired) electrons. The average Bonchev–Trinajstić information content (AvgIpc) is 2.19. The van der Waals surface area contributed by atoms with Gasteiger partial charge in [-0.3, -0.25) is 0 Å². The van der Waals surface area contributed by atoms with Crippen molar-refractivity contribution < 1.29 is 4.74 Å². The summed E-state index contributed by atoms with van der Waals surface area (Å²) in [6.45, 7) is 0. The van der Waals surface area contributed by atoms with Crippen LogP contribution in [0.2, 0.25) is 0 Å². The number of nitrogens with zero attached hydrogens (tertiary/aromatic N) is 1. The van der Waals surface area contributed by atoms with Crippen LogP contribution in [0.15, 0.2) is 11.6 Å². The molecule has 0 fully saturated rings. The molecule has 0 aliphatic carbocycles. The van der Waals surface area contributed by atoms with Gasteiger partial charge in [-0.05, 0) is 15.9 Å². The minimum atomic E-state index is 0.514. The van der Waals surface area contributed by atoms with E-state index in [9.17, 15) is 0 Å². The molecular weight excluding hydrogens is 190 g/mol. The predicted molar refractivity (Wildman–Crippen MR) is 36.5 cm³/mol. The second kappa shape index (κ2) is 3.04. The number of rotatable bonds is 2. The first-order chi connectivity index (χ1) is 3.93. The summed E-state index contributed by atoms with van der Waals surface area (Å²) in [7, 11) is 0. The molecule has 2 nitrogen and oxygen atoms in total. The van der Waals surface area contributed by atoms with Gasteiger partial charge >= 0.3 is 0 Å². The molecule has 1 aromatic rings. The Morgan fingerprint density at radius 2 is 2.75 bits per heavy atom. The summed E-state index contributed by atoms with van der Waals surface area (Å²) in [6.07, 6.45) is 1.71. The Morgan fingerprint density at radius 1 is 1.88 bits per heavy atom. The van der Waals surface area contributed by atoms with Crippen molar-refractivity contribution in [2.45, 2.75) is 0 Å². The van der Waals surface area contributed by atoms with E-state index in [0.717, 1.165) is 0 Å². The second-order valence-electron chi connectivity index (χ2n) is 1.05. The van der Waals surface area contributed by atoms with Crippen LogP contribution in [0.3, 0.4) is 0 Å². The zero-order chi connectivity index (χ0) is 5.82. The van der Waals surface area contributed by atoms with Crippen LogP contribution in [0.1, 0.15) is 0 Å². The van der Waals surface area contributed by atoms with Gasteiger partial charge in [0, 0.05) is 11.6 Å². The lowest BCUT2D eigenvalue weighted by Crippen LogP contribution is -1.85. The largest absolute Gasteiger partial charge is 0.458 e. The fourth-order valence-electron chi connectivity index (χ4n) is 0.328. The van der Waals surface area contributed by atoms with Crippen LogP contribution in [-0.4, -0.2) is 10.5 Å². The fourth-order valence-corrected chi connectivity index (χ4v) is 1.18. The lowest BCUT2D eigenvalue weighted by atomic mass is 11.0. The van der Waals surface area contributed by atoms with Crippen molar-refractivity contribution in [1.82, 2.24) is 4.98 Å². The van der Waals surface area contributed by atoms with E-state index in [1.165, 1.54) is 11.3 Å². The zero-order valence-corrected chi connectivity index (χ0v) is 6.41. The first-order valence-corrected chi connectivity index (χ1v) is 4.02. The molecule has 1 rings (SSSR count). The Balaban J connectivity index is 2.50. The molecule has 0 unspecified atom stereocenters. The molecule has 44 valence electrons. The molecule has 0 N–H and O–H groups in total. The van der Waals surface area contributed by atoms with Crippen LogP contribution in [0.5, 0.6) is 5.19 Å². The topological polar surface area (TPSA) is 22.1 Å². The quantitative estimate of drug-likeness (QED) is 0.670. The van der Waals surface area contributed by atoms with Crippen molar-refractivity contribution in [3.05, 3.63) is 11.6 Å². The summed E-state index contributed by atoms with van der Waals surface area (Å²) in [4.78, 5) is 3.87. The molecule has 0 saturated carbocycles. The third-order valence-corrected chi connectivity index (χ3v) is 1.50. The van der Waals surface area contributed by atoms with Gasteiger partial charge in [0.15, 0.2) is 0 Å². The van der Waals surface area contributed by atoms with E-state index < -0.39 is 0 Å². The van der Waals surface area contributed by atoms with Crippen molar-refractivity contribution in [1.29, 1.82) is 0 Å². The normalized spacial score (nSPS) is 9.12. The van der Waals surface area contributed by atoms with E-state index in [2.05, 4.69) is 20.9 Å². The standard InChI is InChI=1S/C4H4BrNOS/c5-3-7-4-6-1-2-8-4/h1-2H,3H2. The van der Waals surface area contributed by atoms with E-state index in [-0.39, 0.29) is 0 Å². The van der Waals surface area contributed by atoms with Gasteiger partial charge in [-0.1, -0.05) is 11.3 Å². The van der Waals surface area contributed by atoms with Crippen molar-refractivity contribution in [2.75, 3.05) is 5.52 Å². The molecule has 0 amide bonds. The maximum Gasteiger partial charge on any atom is 0.273 e. The SMILES string of the molecule is BrCOc1nccs1. The van der Waals surface area contributed by atoms with Gasteiger partial charge in [0.2, 0.25) is 0 Å². The number of hydrogen-bond donors (Lipinski definition) is 0. The summed E-state index contributed by atoms with van der Waals surface area (Å²) >= 11 is 4.60. The monoisotopic (exact) mass is 193 g/mol. The van der Waals surface area contributed by atoms with Crippen LogP contribution < -0.4 is 4.74 Å². The Bertz CT molecular complexity index is 142. The molecule has 0 spiro atoms. The van der Waals surface area contributed by atoms with Crippen molar-refractivity contribution >= 4 is 27.3 Å². The van der Waals surface area contributed by atoms with E-state index in [0.29, 0.717) is 10.7 Å². The van der Waals surface area contributed by atoms with Gasteiger partial charge in [-0.25, -0.2) is 4.98 Å². The number of alkyl halides is 1. The molecule has 0 aromatic carbocycles. The number of aromatic nitrogens is 1. The second-order valence-corrected chi connectivity index (χ2v) is 2.37. The molecular formula is C4H4BrNOS. The Labute approximate surface area is 59.6 Å². The first-order valence-electron chi connectivity index (χ1n) is 2.02. The van der Waals surface area contributed by atoms with E-state index in [1.807, 2.05) is 5.38 Å². The van der Waals surface area contributed by atoms with Crippen molar-refractivity contribution in [3.63, 3.8) is 0 Å². The average molecular weight is 194 g/mol. The molecule has 0 bridgehead atoms.